The van der Waals surface area contributed by atoms with E-state index in [2.05, 4.69) is 14.8 Å². The number of pyridine rings is 1. The Morgan fingerprint density at radius 2 is 1.97 bits per heavy atom. The molecule has 4 aromatic rings. The Bertz CT molecular complexity index is 1400. The molecule has 0 aliphatic carbocycles. The van der Waals surface area contributed by atoms with E-state index in [0.717, 1.165) is 33.2 Å². The summed E-state index contributed by atoms with van der Waals surface area (Å²) in [5.74, 6) is -0.384. The SMILES string of the molecule is Cn1cc(-c2ccc3c(c2)C(O)CCN3c2nc(C(=O)OC(N)=O)cc3ccccc23)cn1. The quantitative estimate of drug-likeness (QED) is 0.367. The molecule has 0 saturated heterocycles. The largest absolute Gasteiger partial charge is 0.412 e. The number of aryl methyl sites for hydroxylation is 1. The number of hydrogen-bond donors (Lipinski definition) is 2. The van der Waals surface area contributed by atoms with Crippen molar-refractivity contribution in [2.24, 2.45) is 12.8 Å². The maximum atomic E-state index is 12.4. The van der Waals surface area contributed by atoms with E-state index in [1.165, 1.54) is 0 Å². The summed E-state index contributed by atoms with van der Waals surface area (Å²) < 4.78 is 6.28. The minimum Gasteiger partial charge on any atom is -0.388 e. The Balaban J connectivity index is 1.64. The van der Waals surface area contributed by atoms with Crippen LogP contribution in [0.25, 0.3) is 21.9 Å². The van der Waals surface area contributed by atoms with Gasteiger partial charge in [-0.05, 0) is 35.6 Å². The summed E-state index contributed by atoms with van der Waals surface area (Å²) in [5.41, 5.74) is 8.43. The van der Waals surface area contributed by atoms with E-state index >= 15 is 0 Å². The van der Waals surface area contributed by atoms with Gasteiger partial charge in [-0.25, -0.2) is 14.6 Å². The van der Waals surface area contributed by atoms with Gasteiger partial charge in [0.15, 0.2) is 5.69 Å². The number of primary amides is 1. The van der Waals surface area contributed by atoms with E-state index in [1.807, 2.05) is 60.6 Å². The van der Waals surface area contributed by atoms with Crippen LogP contribution in [-0.2, 0) is 11.8 Å². The first-order valence-corrected chi connectivity index (χ1v) is 10.4. The summed E-state index contributed by atoms with van der Waals surface area (Å²) in [6, 6.07) is 14.9. The molecule has 33 heavy (non-hydrogen) atoms. The van der Waals surface area contributed by atoms with Crippen molar-refractivity contribution in [3.63, 3.8) is 0 Å². The van der Waals surface area contributed by atoms with Crippen LogP contribution >= 0.6 is 0 Å². The standard InChI is InChI=1S/C24H21N5O4/c1-28-13-16(12-26-28)14-6-7-20-18(10-14)21(30)8-9-29(20)22-17-5-3-2-4-15(17)11-19(27-22)23(31)33-24(25)32/h2-7,10-13,21,30H,8-9H2,1H3,(H2,25,32). The van der Waals surface area contributed by atoms with Crippen molar-refractivity contribution >= 4 is 34.3 Å². The Morgan fingerprint density at radius 1 is 1.15 bits per heavy atom. The summed E-state index contributed by atoms with van der Waals surface area (Å²) >= 11 is 0. The van der Waals surface area contributed by atoms with Gasteiger partial charge in [-0.3, -0.25) is 4.68 Å². The molecule has 9 heteroatoms. The molecule has 0 saturated carbocycles. The van der Waals surface area contributed by atoms with Crippen LogP contribution < -0.4 is 10.6 Å². The third-order valence-corrected chi connectivity index (χ3v) is 5.72. The number of aliphatic hydroxyl groups excluding tert-OH is 1. The fourth-order valence-electron chi connectivity index (χ4n) is 4.20. The number of nitrogens with two attached hydrogens (primary N) is 1. The number of amides is 1. The molecule has 1 amide bonds. The topological polar surface area (TPSA) is 124 Å². The van der Waals surface area contributed by atoms with Crippen LogP contribution in [0.3, 0.4) is 0 Å². The molecule has 0 radical (unpaired) electrons. The first kappa shape index (κ1) is 20.7. The fourth-order valence-corrected chi connectivity index (χ4v) is 4.20. The van der Waals surface area contributed by atoms with E-state index in [0.29, 0.717) is 18.8 Å². The number of rotatable bonds is 3. The summed E-state index contributed by atoms with van der Waals surface area (Å²) in [4.78, 5) is 30.0. The summed E-state index contributed by atoms with van der Waals surface area (Å²) in [5, 5.41) is 16.6. The highest BCUT2D eigenvalue weighted by molar-refractivity contribution is 6.02. The van der Waals surface area contributed by atoms with E-state index in [9.17, 15) is 14.7 Å². The second-order valence-electron chi connectivity index (χ2n) is 7.89. The molecule has 9 nitrogen and oxygen atoms in total. The van der Waals surface area contributed by atoms with Crippen molar-refractivity contribution in [1.29, 1.82) is 0 Å². The van der Waals surface area contributed by atoms with Crippen molar-refractivity contribution < 1.29 is 19.4 Å². The number of ether oxygens (including phenoxy) is 1. The minimum absolute atomic E-state index is 0.0258. The zero-order chi connectivity index (χ0) is 23.1. The normalized spacial score (nSPS) is 15.3. The van der Waals surface area contributed by atoms with Crippen LogP contribution in [0.5, 0.6) is 0 Å². The highest BCUT2D eigenvalue weighted by atomic mass is 16.6. The lowest BCUT2D eigenvalue weighted by Crippen LogP contribution is -2.28. The Kier molecular flexibility index (Phi) is 5.02. The molecule has 2 aromatic heterocycles. The maximum absolute atomic E-state index is 12.4. The molecule has 166 valence electrons. The Labute approximate surface area is 189 Å². The van der Waals surface area contributed by atoms with E-state index in [4.69, 9.17) is 5.73 Å². The molecule has 1 aliphatic heterocycles. The summed E-state index contributed by atoms with van der Waals surface area (Å²) in [6.45, 7) is 0.492. The highest BCUT2D eigenvalue weighted by Gasteiger charge is 2.28. The van der Waals surface area contributed by atoms with Crippen LogP contribution in [-0.4, -0.2) is 38.5 Å². The number of nitrogens with zero attached hydrogens (tertiary/aromatic N) is 4. The number of aliphatic hydroxyl groups is 1. The lowest BCUT2D eigenvalue weighted by Gasteiger charge is -2.34. The molecule has 0 spiro atoms. The highest BCUT2D eigenvalue weighted by Crippen LogP contribution is 2.41. The fraction of sp³-hybridized carbons (Fsp3) is 0.167. The van der Waals surface area contributed by atoms with Crippen molar-refractivity contribution in [2.45, 2.75) is 12.5 Å². The van der Waals surface area contributed by atoms with E-state index in [1.54, 1.807) is 16.9 Å². The summed E-state index contributed by atoms with van der Waals surface area (Å²) in [6.07, 6.45) is 2.35. The molecule has 0 fully saturated rings. The Morgan fingerprint density at radius 3 is 2.73 bits per heavy atom. The zero-order valence-corrected chi connectivity index (χ0v) is 17.8. The number of hydrogen-bond acceptors (Lipinski definition) is 7. The first-order chi connectivity index (χ1) is 15.9. The van der Waals surface area contributed by atoms with Crippen LogP contribution in [0.4, 0.5) is 16.3 Å². The first-order valence-electron chi connectivity index (χ1n) is 10.4. The van der Waals surface area contributed by atoms with Gasteiger partial charge >= 0.3 is 12.1 Å². The molecule has 3 heterocycles. The molecule has 5 rings (SSSR count). The predicted octanol–water partition coefficient (Wildman–Crippen LogP) is 3.45. The average Bonchev–Trinajstić information content (AvgIpc) is 3.24. The number of anilines is 2. The van der Waals surface area contributed by atoms with Gasteiger partial charge in [0.2, 0.25) is 0 Å². The van der Waals surface area contributed by atoms with Gasteiger partial charge in [-0.15, -0.1) is 0 Å². The number of esters is 1. The molecular formula is C24H21N5O4. The van der Waals surface area contributed by atoms with Crippen LogP contribution in [0.2, 0.25) is 0 Å². The van der Waals surface area contributed by atoms with Gasteiger partial charge in [-0.2, -0.15) is 5.10 Å². The number of fused-ring (bicyclic) bond motifs is 2. The third kappa shape index (κ3) is 3.79. The lowest BCUT2D eigenvalue weighted by atomic mass is 9.94. The van der Waals surface area contributed by atoms with Crippen molar-refractivity contribution in [1.82, 2.24) is 14.8 Å². The number of carbonyl (C=O) groups excluding carboxylic acids is 2. The number of aromatic nitrogens is 3. The van der Waals surface area contributed by atoms with Gasteiger partial charge in [0.1, 0.15) is 5.82 Å². The molecule has 3 N–H and O–H groups in total. The third-order valence-electron chi connectivity index (χ3n) is 5.72. The van der Waals surface area contributed by atoms with E-state index < -0.39 is 18.2 Å². The van der Waals surface area contributed by atoms with Gasteiger partial charge in [0, 0.05) is 42.0 Å². The smallest absolute Gasteiger partial charge is 0.388 e. The van der Waals surface area contributed by atoms with Crippen LogP contribution in [0.1, 0.15) is 28.6 Å². The molecule has 2 aromatic carbocycles. The number of benzene rings is 2. The molecule has 1 aliphatic rings. The average molecular weight is 443 g/mol. The van der Waals surface area contributed by atoms with Gasteiger partial charge < -0.3 is 20.5 Å². The van der Waals surface area contributed by atoms with Crippen molar-refractivity contribution in [3.8, 4) is 11.1 Å². The van der Waals surface area contributed by atoms with Gasteiger partial charge in [0.05, 0.1) is 12.3 Å². The molecular weight excluding hydrogens is 422 g/mol. The maximum Gasteiger partial charge on any atom is 0.412 e. The van der Waals surface area contributed by atoms with Crippen molar-refractivity contribution in [2.75, 3.05) is 11.4 Å². The van der Waals surface area contributed by atoms with Crippen LogP contribution in [0, 0.1) is 0 Å². The summed E-state index contributed by atoms with van der Waals surface area (Å²) in [7, 11) is 1.85. The zero-order valence-electron chi connectivity index (χ0n) is 17.8. The van der Waals surface area contributed by atoms with Gasteiger partial charge in [0.25, 0.3) is 0 Å². The second kappa shape index (κ2) is 8.03. The molecule has 0 bridgehead atoms. The van der Waals surface area contributed by atoms with E-state index in [-0.39, 0.29) is 5.69 Å². The van der Waals surface area contributed by atoms with Gasteiger partial charge in [-0.1, -0.05) is 30.3 Å². The Hall–Kier alpha value is -4.24. The van der Waals surface area contributed by atoms with Crippen molar-refractivity contribution in [3.05, 3.63) is 72.2 Å². The second-order valence-corrected chi connectivity index (χ2v) is 7.89. The minimum atomic E-state index is -1.19. The number of carbonyl (C=O) groups is 2. The van der Waals surface area contributed by atoms with Crippen LogP contribution in [0.15, 0.2) is 60.9 Å². The monoisotopic (exact) mass is 443 g/mol. The molecule has 1 atom stereocenters. The lowest BCUT2D eigenvalue weighted by molar-refractivity contribution is 0.0632. The molecule has 1 unspecified atom stereocenters. The predicted molar refractivity (Wildman–Crippen MR) is 122 cm³/mol.